The Bertz CT molecular complexity index is 3430. The highest BCUT2D eigenvalue weighted by molar-refractivity contribution is 5.78. The van der Waals surface area contributed by atoms with E-state index < -0.39 is 31.5 Å². The Morgan fingerprint density at radius 3 is 0.843 bits per heavy atom. The number of piperidine rings is 6. The number of alkyl halides is 4. The largest absolute Gasteiger partial charge is 0.378 e. The molecule has 30 heteroatoms. The molecule has 0 N–H and O–H groups in total. The number of hydrogen-bond acceptors (Lipinski definition) is 14. The summed E-state index contributed by atoms with van der Waals surface area (Å²) in [6.45, 7) is 26.4. The Labute approximate surface area is 721 Å². The van der Waals surface area contributed by atoms with Crippen molar-refractivity contribution < 1.29 is 51.1 Å². The number of aromatic nitrogens is 1. The molecule has 17 fully saturated rings. The van der Waals surface area contributed by atoms with Gasteiger partial charge >= 0.3 is 36.2 Å². The number of ether oxygens (including phenoxy) is 1. The summed E-state index contributed by atoms with van der Waals surface area (Å²) in [6.07, 6.45) is 33.3. The van der Waals surface area contributed by atoms with Crippen LogP contribution in [0.5, 0.6) is 0 Å². The van der Waals surface area contributed by atoms with E-state index in [0.717, 1.165) is 187 Å². The van der Waals surface area contributed by atoms with Crippen LogP contribution in [0.3, 0.4) is 0 Å². The average Bonchev–Trinajstić information content (AvgIpc) is 1.60. The second-order valence-corrected chi connectivity index (χ2v) is 39.8. The number of halogens is 4. The minimum atomic E-state index is -2.70. The quantitative estimate of drug-likeness (QED) is 0.245. The first-order valence-electron chi connectivity index (χ1n) is 48.1. The highest BCUT2D eigenvalue weighted by atomic mass is 19.3. The van der Waals surface area contributed by atoms with Crippen LogP contribution in [0.15, 0.2) is 18.3 Å². The van der Waals surface area contributed by atoms with Crippen molar-refractivity contribution in [2.45, 2.75) is 241 Å². The lowest BCUT2D eigenvalue weighted by atomic mass is 9.88. The van der Waals surface area contributed by atoms with Gasteiger partial charge in [-0.2, -0.15) is 0 Å². The molecule has 0 aromatic carbocycles. The number of urea groups is 6. The third-order valence-corrected chi connectivity index (χ3v) is 31.4. The van der Waals surface area contributed by atoms with E-state index in [1.165, 1.54) is 183 Å². The van der Waals surface area contributed by atoms with Gasteiger partial charge in [-0.15, -0.1) is 0 Å². The van der Waals surface area contributed by atoms with Crippen molar-refractivity contribution in [3.63, 3.8) is 0 Å². The molecular formula is C91H153F4N19O7. The maximum Gasteiger partial charge on any atom is 0.320 e. The van der Waals surface area contributed by atoms with Gasteiger partial charge in [0, 0.05) is 140 Å². The third-order valence-electron chi connectivity index (χ3n) is 31.4. The van der Waals surface area contributed by atoms with Gasteiger partial charge in [-0.05, 0) is 341 Å². The molecule has 6 atom stereocenters. The van der Waals surface area contributed by atoms with E-state index in [0.29, 0.717) is 79.7 Å². The van der Waals surface area contributed by atoms with Crippen molar-refractivity contribution in [2.75, 3.05) is 239 Å². The number of rotatable bonds is 6. The molecule has 18 aliphatic rings. The van der Waals surface area contributed by atoms with Crippen LogP contribution >= 0.6 is 0 Å². The first-order chi connectivity index (χ1) is 58.4. The average molecular weight is 1700 g/mol. The van der Waals surface area contributed by atoms with Gasteiger partial charge in [-0.1, -0.05) is 6.07 Å². The topological polar surface area (TPSA) is 183 Å². The molecule has 682 valence electrons. The van der Waals surface area contributed by atoms with Gasteiger partial charge in [-0.3, -0.25) is 4.98 Å². The molecule has 0 spiro atoms. The number of morpholine rings is 1. The van der Waals surface area contributed by atoms with Gasteiger partial charge in [0.2, 0.25) is 0 Å². The van der Waals surface area contributed by atoms with E-state index >= 15 is 0 Å². The van der Waals surface area contributed by atoms with Crippen LogP contribution in [0.4, 0.5) is 46.3 Å². The van der Waals surface area contributed by atoms with Crippen LogP contribution in [-0.2, 0) is 17.8 Å². The van der Waals surface area contributed by atoms with Crippen molar-refractivity contribution in [3.05, 3.63) is 29.6 Å². The van der Waals surface area contributed by atoms with E-state index in [1.54, 1.807) is 0 Å². The van der Waals surface area contributed by atoms with Crippen LogP contribution in [0, 0.1) is 35.5 Å². The first kappa shape index (κ1) is 91.4. The number of carbonyl (C=O) groups is 6. The maximum absolute atomic E-state index is 13.3. The lowest BCUT2D eigenvalue weighted by Crippen LogP contribution is -2.62. The normalized spacial score (nSPS) is 29.8. The molecule has 17 saturated heterocycles. The van der Waals surface area contributed by atoms with Gasteiger partial charge in [0.05, 0.1) is 45.1 Å². The summed E-state index contributed by atoms with van der Waals surface area (Å²) in [5.74, 6) is -1.41. The van der Waals surface area contributed by atoms with Crippen molar-refractivity contribution in [2.24, 2.45) is 35.5 Å². The first-order valence-corrected chi connectivity index (χ1v) is 48.1. The third kappa shape index (κ3) is 23.5. The maximum atomic E-state index is 13.3. The Hall–Kier alpha value is -5.79. The van der Waals surface area contributed by atoms with E-state index in [4.69, 9.17) is 4.74 Å². The Morgan fingerprint density at radius 2 is 0.570 bits per heavy atom. The minimum Gasteiger partial charge on any atom is -0.378 e. The van der Waals surface area contributed by atoms with E-state index in [1.807, 2.05) is 36.8 Å². The number of likely N-dealkylation sites (tertiary alicyclic amines) is 16. The van der Waals surface area contributed by atoms with Gasteiger partial charge in [-0.25, -0.2) is 46.3 Å². The number of hydrogen-bond donors (Lipinski definition) is 0. The number of amides is 12. The Balaban J connectivity index is 0.000000119. The fourth-order valence-electron chi connectivity index (χ4n) is 23.7. The van der Waals surface area contributed by atoms with Crippen molar-refractivity contribution in [1.82, 2.24) is 93.2 Å². The molecule has 1 aromatic rings. The zero-order valence-electron chi connectivity index (χ0n) is 75.0. The van der Waals surface area contributed by atoms with Crippen molar-refractivity contribution >= 4 is 36.2 Å². The monoisotopic (exact) mass is 1700 g/mol. The lowest BCUT2D eigenvalue weighted by molar-refractivity contribution is -0.114. The molecule has 0 aliphatic carbocycles. The molecule has 19 heterocycles. The standard InChI is InChI=1S/C18H26N4O.C15H25F2N3O.C15H27N3O2.C15H27N3O.C14H23F2N3O.C14H25N3O/c1-20-10-6-14(7-11-20)17-5-3-9-22(17)18(23)21-12-15-4-2-8-19-16(15)13-21;1-18-8-4-12(5-9-18)13-3-2-7-20(13)14(21)19-10-6-15(16,17)11-19;1-16-7-4-13(5-8-16)14-3-2-6-18(14)15(19)17-9-11-20-12-10-17;1-16-11-6-13(7-12-16)14-5-4-10-18(14)15(19)17-8-2-3-9-17;1-17-7-4-11(5-8-17)12-3-2-6-19(12)13(20)18-9-14(15,16)10-18;1-15-10-5-12(6-11-15)13-4-2-9-17(13)14(18)16-7-3-8-16/h2,4,8,14,17H,3,5-7,9-13H2,1H3;12-13H,2-11H2,1H3;13-14H,2-12H2,1H3;13-14H,2-12H2,1H3;11-12H,2-10H2,1H3;12-13H,2-11H2,1H3/t17-;13-;2*14-;12-;13-/m000000/s1. The number of fused-ring (bicyclic) bond motifs is 1. The van der Waals surface area contributed by atoms with Crippen molar-refractivity contribution in [1.29, 1.82) is 0 Å². The number of nitrogens with zero attached hydrogens (tertiary/aromatic N) is 19. The summed E-state index contributed by atoms with van der Waals surface area (Å²) in [5, 5.41) is 0. The number of pyridine rings is 1. The van der Waals surface area contributed by atoms with Crippen LogP contribution in [0.2, 0.25) is 0 Å². The molecule has 19 rings (SSSR count). The second kappa shape index (κ2) is 42.7. The highest BCUT2D eigenvalue weighted by Gasteiger charge is 2.51. The molecule has 0 unspecified atom stereocenters. The number of carbonyl (C=O) groups excluding carboxylic acids is 6. The predicted octanol–water partition coefficient (Wildman–Crippen LogP) is 11.3. The lowest BCUT2D eigenvalue weighted by Gasteiger charge is -2.43. The molecule has 1 aromatic heterocycles. The second-order valence-electron chi connectivity index (χ2n) is 39.8. The predicted molar refractivity (Wildman–Crippen MR) is 463 cm³/mol. The summed E-state index contributed by atoms with van der Waals surface area (Å²) in [6, 6.07) is 7.40. The van der Waals surface area contributed by atoms with Crippen LogP contribution in [0.25, 0.3) is 0 Å². The van der Waals surface area contributed by atoms with Gasteiger partial charge in [0.1, 0.15) is 0 Å². The van der Waals surface area contributed by atoms with Gasteiger partial charge in [0.25, 0.3) is 11.8 Å². The smallest absolute Gasteiger partial charge is 0.320 e. The fraction of sp³-hybridized carbons (Fsp3) is 0.879. The van der Waals surface area contributed by atoms with Crippen LogP contribution < -0.4 is 0 Å². The molecule has 26 nitrogen and oxygen atoms in total. The van der Waals surface area contributed by atoms with E-state index in [-0.39, 0.29) is 49.2 Å². The van der Waals surface area contributed by atoms with E-state index in [9.17, 15) is 46.3 Å². The summed E-state index contributed by atoms with van der Waals surface area (Å²) in [5.41, 5.74) is 2.27. The van der Waals surface area contributed by atoms with Crippen LogP contribution in [-0.4, -0.2) is 416 Å². The summed E-state index contributed by atoms with van der Waals surface area (Å²) < 4.78 is 57.8. The Kier molecular flexibility index (Phi) is 32.2. The molecule has 0 saturated carbocycles. The Morgan fingerprint density at radius 1 is 0.298 bits per heavy atom. The molecule has 0 radical (unpaired) electrons. The summed E-state index contributed by atoms with van der Waals surface area (Å²) >= 11 is 0. The molecule has 0 bridgehead atoms. The zero-order valence-corrected chi connectivity index (χ0v) is 75.0. The fourth-order valence-corrected chi connectivity index (χ4v) is 23.7. The van der Waals surface area contributed by atoms with Crippen LogP contribution in [0.1, 0.15) is 191 Å². The summed E-state index contributed by atoms with van der Waals surface area (Å²) in [7, 11) is 13.0. The highest BCUT2D eigenvalue weighted by Crippen LogP contribution is 2.41. The van der Waals surface area contributed by atoms with Gasteiger partial charge < -0.3 is 92.9 Å². The molecular weight excluding hydrogens is 1550 g/mol. The van der Waals surface area contributed by atoms with Crippen molar-refractivity contribution in [3.8, 4) is 0 Å². The summed E-state index contributed by atoms with van der Waals surface area (Å²) in [4.78, 5) is 118. The SMILES string of the molecule is CN1CCC([C@@H]2CCCN2C(=O)N2CC(F)(F)C2)CC1.CN1CCC([C@@H]2CCCN2C(=O)N2CCC(F)(F)C2)CC1.CN1CCC([C@@H]2CCCN2C(=O)N2CCC2)CC1.CN1CCC([C@@H]2CCCN2C(=O)N2CCCC2)CC1.CN1CCC([C@@H]2CCCN2C(=O)N2CCOCC2)CC1.CN1CCC([C@@H]2CCCN2C(=O)N2Cc3cccnc3C2)CC1. The molecule has 12 amide bonds. The zero-order chi connectivity index (χ0) is 84.9. The van der Waals surface area contributed by atoms with E-state index in [2.05, 4.69) is 107 Å². The molecule has 121 heavy (non-hydrogen) atoms. The van der Waals surface area contributed by atoms with Gasteiger partial charge in [0.15, 0.2) is 0 Å². The molecule has 18 aliphatic heterocycles. The minimum absolute atomic E-state index is 0.159.